The largest absolute Gasteiger partial charge is 0.330 e. The molecule has 5 aliphatic rings. The van der Waals surface area contributed by atoms with Gasteiger partial charge in [-0.05, 0) is 189 Å². The molecule has 0 bridgehead atoms. The van der Waals surface area contributed by atoms with Gasteiger partial charge in [0.2, 0.25) is 0 Å². The minimum absolute atomic E-state index is 0.00966. The van der Waals surface area contributed by atoms with Gasteiger partial charge < -0.3 is 14.7 Å². The van der Waals surface area contributed by atoms with Crippen molar-refractivity contribution in [2.24, 2.45) is 0 Å². The van der Waals surface area contributed by atoms with Crippen molar-refractivity contribution in [1.29, 1.82) is 0 Å². The third kappa shape index (κ3) is 6.76. The van der Waals surface area contributed by atoms with Crippen molar-refractivity contribution in [2.75, 3.05) is 14.7 Å². The van der Waals surface area contributed by atoms with E-state index in [1.807, 2.05) is 0 Å². The summed E-state index contributed by atoms with van der Waals surface area (Å²) in [5, 5.41) is 0. The SMILES string of the molecule is Cc1cc2c3c(c1)N(c1ccc(C(C)(C)C)cc1C)c1ccc(C(C)(C)C)cc1B3c1ccc(N3c4ccc(C5=CC=CC5)cc4C4(C)CCc5ccccc5C34C)cc1N2c1ccc(C(C)(C)C)cc1. The molecule has 2 aliphatic carbocycles. The molecule has 12 rings (SSSR count). The highest BCUT2D eigenvalue weighted by Crippen LogP contribution is 2.64. The van der Waals surface area contributed by atoms with Gasteiger partial charge in [0.05, 0.1) is 5.54 Å². The van der Waals surface area contributed by atoms with E-state index in [2.05, 4.69) is 256 Å². The van der Waals surface area contributed by atoms with Crippen molar-refractivity contribution in [1.82, 2.24) is 0 Å². The number of hydrogen-bond donors (Lipinski definition) is 0. The Bertz CT molecular complexity index is 3420. The zero-order valence-electron chi connectivity index (χ0n) is 44.5. The summed E-state index contributed by atoms with van der Waals surface area (Å²) in [6.07, 6.45) is 9.95. The Morgan fingerprint density at radius 1 is 0.521 bits per heavy atom. The van der Waals surface area contributed by atoms with E-state index >= 15 is 0 Å². The molecule has 2 atom stereocenters. The van der Waals surface area contributed by atoms with Crippen LogP contribution in [0.5, 0.6) is 0 Å². The average molecular weight is 928 g/mol. The molecule has 0 fully saturated rings. The molecule has 3 aliphatic heterocycles. The van der Waals surface area contributed by atoms with Gasteiger partial charge in [0.1, 0.15) is 0 Å². The van der Waals surface area contributed by atoms with Gasteiger partial charge in [-0.1, -0.05) is 160 Å². The van der Waals surface area contributed by atoms with Gasteiger partial charge >= 0.3 is 0 Å². The highest BCUT2D eigenvalue weighted by atomic mass is 15.3. The van der Waals surface area contributed by atoms with Gasteiger partial charge in [0, 0.05) is 50.9 Å². The summed E-state index contributed by atoms with van der Waals surface area (Å²) in [6, 6.07) is 53.2. The molecule has 0 radical (unpaired) electrons. The van der Waals surface area contributed by atoms with Crippen LogP contribution < -0.4 is 31.1 Å². The van der Waals surface area contributed by atoms with E-state index in [1.54, 1.807) is 0 Å². The number of benzene rings is 7. The number of fused-ring (bicyclic) bond motifs is 9. The second kappa shape index (κ2) is 15.5. The lowest BCUT2D eigenvalue weighted by atomic mass is 9.33. The van der Waals surface area contributed by atoms with Crippen molar-refractivity contribution in [2.45, 2.75) is 136 Å². The first-order chi connectivity index (χ1) is 33.7. The van der Waals surface area contributed by atoms with Gasteiger partial charge in [0.25, 0.3) is 6.71 Å². The number of hydrogen-bond acceptors (Lipinski definition) is 3. The molecule has 0 saturated carbocycles. The van der Waals surface area contributed by atoms with E-state index in [0.29, 0.717) is 0 Å². The van der Waals surface area contributed by atoms with Crippen molar-refractivity contribution in [3.05, 3.63) is 202 Å². The van der Waals surface area contributed by atoms with Crippen molar-refractivity contribution in [3.8, 4) is 0 Å². The Balaban J connectivity index is 1.14. The molecule has 0 spiro atoms. The summed E-state index contributed by atoms with van der Waals surface area (Å²) in [7, 11) is 0. The minimum atomic E-state index is -0.338. The van der Waals surface area contributed by atoms with Crippen LogP contribution in [0, 0.1) is 13.8 Å². The fourth-order valence-corrected chi connectivity index (χ4v) is 13.3. The molecule has 71 heavy (non-hydrogen) atoms. The Morgan fingerprint density at radius 2 is 1.15 bits per heavy atom. The maximum absolute atomic E-state index is 2.75. The second-order valence-electron chi connectivity index (χ2n) is 25.1. The molecule has 0 aromatic heterocycles. The highest BCUT2D eigenvalue weighted by Gasteiger charge is 2.60. The van der Waals surface area contributed by atoms with Crippen LogP contribution in [0.1, 0.15) is 139 Å². The first-order valence-corrected chi connectivity index (χ1v) is 26.3. The minimum Gasteiger partial charge on any atom is -0.330 e. The Hall–Kier alpha value is -6.52. The van der Waals surface area contributed by atoms with Gasteiger partial charge in [-0.15, -0.1) is 0 Å². The van der Waals surface area contributed by atoms with Crippen LogP contribution in [0.3, 0.4) is 0 Å². The number of allylic oxidation sites excluding steroid dienone is 4. The van der Waals surface area contributed by atoms with E-state index in [1.165, 1.54) is 118 Å². The van der Waals surface area contributed by atoms with E-state index in [4.69, 9.17) is 0 Å². The topological polar surface area (TPSA) is 9.72 Å². The Labute approximate surface area is 425 Å². The molecule has 4 heteroatoms. The summed E-state index contributed by atoms with van der Waals surface area (Å²) in [5.74, 6) is 0. The summed E-state index contributed by atoms with van der Waals surface area (Å²) in [6.45, 7) is 30.7. The van der Waals surface area contributed by atoms with Gasteiger partial charge in [0.15, 0.2) is 0 Å². The van der Waals surface area contributed by atoms with Crippen molar-refractivity contribution < 1.29 is 0 Å². The predicted molar refractivity (Wildman–Crippen MR) is 306 cm³/mol. The molecule has 0 amide bonds. The van der Waals surface area contributed by atoms with E-state index in [9.17, 15) is 0 Å². The summed E-state index contributed by atoms with van der Waals surface area (Å²) in [5.41, 5.74) is 27.3. The molecule has 3 heterocycles. The van der Waals surface area contributed by atoms with Crippen molar-refractivity contribution >= 4 is 74.2 Å². The zero-order chi connectivity index (χ0) is 49.7. The normalized spacial score (nSPS) is 19.8. The van der Waals surface area contributed by atoms with Gasteiger partial charge in [-0.2, -0.15) is 0 Å². The molecule has 0 saturated heterocycles. The van der Waals surface area contributed by atoms with E-state index < -0.39 is 0 Å². The van der Waals surface area contributed by atoms with Gasteiger partial charge in [-0.25, -0.2) is 0 Å². The quantitative estimate of drug-likeness (QED) is 0.163. The average Bonchev–Trinajstić information content (AvgIpc) is 3.94. The molecule has 7 aromatic carbocycles. The van der Waals surface area contributed by atoms with Crippen LogP contribution in [0.4, 0.5) is 45.5 Å². The summed E-state index contributed by atoms with van der Waals surface area (Å²) >= 11 is 0. The van der Waals surface area contributed by atoms with Crippen LogP contribution in [0.25, 0.3) is 5.57 Å². The van der Waals surface area contributed by atoms with Crippen LogP contribution in [0.15, 0.2) is 152 Å². The standard InChI is InChI=1S/C67H70BN3/c1-42-36-60-62-61(37-42)70(56-32-25-48(38-43(56)2)64(6,7)8)58-33-26-49(65(9,10)11)40-55(58)68(62)54-30-29-51(41-59(54)69(60)50-27-23-47(24-28-50)63(3,4)5)71-57-31-22-46(44-18-14-15-19-44)39-53(57)66(12)35-34-45-20-16-17-21-52(45)67(66,71)13/h14-18,20-33,36-41H,19,34-35H2,1-13H3. The van der Waals surface area contributed by atoms with Gasteiger partial charge in [-0.3, -0.25) is 0 Å². The first kappa shape index (κ1) is 45.6. The number of aryl methyl sites for hydroxylation is 3. The monoisotopic (exact) mass is 928 g/mol. The molecule has 0 N–H and O–H groups in total. The summed E-state index contributed by atoms with van der Waals surface area (Å²) < 4.78 is 0. The number of rotatable bonds is 4. The molecule has 7 aromatic rings. The maximum atomic E-state index is 2.75. The van der Waals surface area contributed by atoms with Crippen LogP contribution in [-0.2, 0) is 33.6 Å². The second-order valence-corrected chi connectivity index (χ2v) is 25.1. The highest BCUT2D eigenvalue weighted by molar-refractivity contribution is 7.00. The zero-order valence-corrected chi connectivity index (χ0v) is 44.5. The lowest BCUT2D eigenvalue weighted by molar-refractivity contribution is 0.245. The molecule has 2 unspecified atom stereocenters. The molecular formula is C67H70BN3. The predicted octanol–water partition coefficient (Wildman–Crippen LogP) is 15.9. The first-order valence-electron chi connectivity index (χ1n) is 26.3. The van der Waals surface area contributed by atoms with Crippen LogP contribution in [0.2, 0.25) is 0 Å². The number of anilines is 8. The number of nitrogens with zero attached hydrogens (tertiary/aromatic N) is 3. The van der Waals surface area contributed by atoms with E-state index in [-0.39, 0.29) is 33.9 Å². The summed E-state index contributed by atoms with van der Waals surface area (Å²) in [4.78, 5) is 7.97. The molecule has 356 valence electrons. The van der Waals surface area contributed by atoms with Crippen LogP contribution >= 0.6 is 0 Å². The fourth-order valence-electron chi connectivity index (χ4n) is 13.3. The van der Waals surface area contributed by atoms with Crippen LogP contribution in [-0.4, -0.2) is 6.71 Å². The third-order valence-electron chi connectivity index (χ3n) is 17.5. The smallest absolute Gasteiger partial charge is 0.252 e. The lowest BCUT2D eigenvalue weighted by Crippen LogP contribution is -2.61. The Morgan fingerprint density at radius 3 is 1.83 bits per heavy atom. The van der Waals surface area contributed by atoms with E-state index in [0.717, 1.165) is 19.3 Å². The molecular weight excluding hydrogens is 858 g/mol. The lowest BCUT2D eigenvalue weighted by Gasteiger charge is -2.51. The Kier molecular flexibility index (Phi) is 9.95. The third-order valence-corrected chi connectivity index (χ3v) is 17.5. The molecule has 3 nitrogen and oxygen atoms in total. The van der Waals surface area contributed by atoms with Crippen molar-refractivity contribution in [3.63, 3.8) is 0 Å². The maximum Gasteiger partial charge on any atom is 0.252 e. The fraction of sp³-hybridized carbons (Fsp3) is 0.313.